The van der Waals surface area contributed by atoms with Crippen LogP contribution in [-0.2, 0) is 9.13 Å². The molecule has 0 spiro atoms. The SMILES string of the molecule is O=C(O)C(Cl)(Cl)c1ccccc1Nc1c(Cl)cccc1Cl. The number of carboxylic acids is 1. The third-order valence-electron chi connectivity index (χ3n) is 2.76. The fourth-order valence-corrected chi connectivity index (χ4v) is 2.55. The maximum Gasteiger partial charge on any atom is 0.345 e. The van der Waals surface area contributed by atoms with Gasteiger partial charge in [0.25, 0.3) is 0 Å². The molecule has 0 radical (unpaired) electrons. The van der Waals surface area contributed by atoms with E-state index in [1.807, 2.05) is 0 Å². The molecule has 2 aromatic rings. The molecule has 2 aromatic carbocycles. The number of benzene rings is 2. The van der Waals surface area contributed by atoms with Crippen LogP contribution in [0.1, 0.15) is 5.56 Å². The Labute approximate surface area is 141 Å². The standard InChI is InChI=1S/C14H9Cl4NO2/c15-9-5-3-6-10(16)12(9)19-11-7-2-1-4-8(11)14(17,18)13(20)21/h1-7,19H,(H,20,21). The fraction of sp³-hybridized carbons (Fsp3) is 0.0714. The molecule has 0 saturated heterocycles. The molecule has 21 heavy (non-hydrogen) atoms. The predicted molar refractivity (Wildman–Crippen MR) is 87.2 cm³/mol. The quantitative estimate of drug-likeness (QED) is 0.709. The zero-order chi connectivity index (χ0) is 15.6. The van der Waals surface area contributed by atoms with Gasteiger partial charge in [0, 0.05) is 11.3 Å². The third-order valence-corrected chi connectivity index (χ3v) is 4.12. The third kappa shape index (κ3) is 3.38. The summed E-state index contributed by atoms with van der Waals surface area (Å²) in [7, 11) is 0. The van der Waals surface area contributed by atoms with Crippen molar-refractivity contribution in [1.82, 2.24) is 0 Å². The number of nitrogens with one attached hydrogen (secondary N) is 1. The Balaban J connectivity index is 2.49. The molecule has 0 aliphatic rings. The lowest BCUT2D eigenvalue weighted by Crippen LogP contribution is -2.23. The highest BCUT2D eigenvalue weighted by molar-refractivity contribution is 6.57. The van der Waals surface area contributed by atoms with Gasteiger partial charge in [0.05, 0.1) is 15.7 Å². The number of halogens is 4. The van der Waals surface area contributed by atoms with E-state index >= 15 is 0 Å². The van der Waals surface area contributed by atoms with Crippen molar-refractivity contribution in [2.75, 3.05) is 5.32 Å². The van der Waals surface area contributed by atoms with E-state index in [1.165, 1.54) is 6.07 Å². The molecule has 7 heteroatoms. The Morgan fingerprint density at radius 2 is 1.57 bits per heavy atom. The molecule has 2 rings (SSSR count). The summed E-state index contributed by atoms with van der Waals surface area (Å²) >= 11 is 24.0. The highest BCUT2D eigenvalue weighted by Gasteiger charge is 2.38. The van der Waals surface area contributed by atoms with Crippen molar-refractivity contribution in [3.8, 4) is 0 Å². The molecular weight excluding hydrogens is 356 g/mol. The number of alkyl halides is 2. The number of rotatable bonds is 4. The van der Waals surface area contributed by atoms with Crippen molar-refractivity contribution in [3.63, 3.8) is 0 Å². The van der Waals surface area contributed by atoms with Gasteiger partial charge in [-0.05, 0) is 18.2 Å². The Bertz CT molecular complexity index is 668. The van der Waals surface area contributed by atoms with Gasteiger partial charge in [-0.15, -0.1) is 0 Å². The van der Waals surface area contributed by atoms with Crippen LogP contribution < -0.4 is 5.32 Å². The lowest BCUT2D eigenvalue weighted by molar-refractivity contribution is -0.138. The zero-order valence-corrected chi connectivity index (χ0v) is 13.4. The van der Waals surface area contributed by atoms with Crippen LogP contribution in [0.2, 0.25) is 10.0 Å². The Kier molecular flexibility index (Phi) is 4.89. The van der Waals surface area contributed by atoms with E-state index in [4.69, 9.17) is 51.5 Å². The number of hydrogen-bond acceptors (Lipinski definition) is 2. The Morgan fingerprint density at radius 1 is 1.00 bits per heavy atom. The maximum atomic E-state index is 11.2. The Hall–Kier alpha value is -1.13. The van der Waals surface area contributed by atoms with Crippen LogP contribution >= 0.6 is 46.4 Å². The van der Waals surface area contributed by atoms with Gasteiger partial charge in [-0.25, -0.2) is 4.79 Å². The smallest absolute Gasteiger partial charge is 0.345 e. The highest BCUT2D eigenvalue weighted by Crippen LogP contribution is 2.41. The molecular formula is C14H9Cl4NO2. The van der Waals surface area contributed by atoms with Gasteiger partial charge in [0.15, 0.2) is 0 Å². The van der Waals surface area contributed by atoms with Gasteiger partial charge in [0.2, 0.25) is 4.33 Å². The minimum atomic E-state index is -2.09. The monoisotopic (exact) mass is 363 g/mol. The second-order valence-electron chi connectivity index (χ2n) is 4.15. The van der Waals surface area contributed by atoms with E-state index in [-0.39, 0.29) is 5.56 Å². The van der Waals surface area contributed by atoms with Gasteiger partial charge >= 0.3 is 5.97 Å². The van der Waals surface area contributed by atoms with Crippen molar-refractivity contribution in [3.05, 3.63) is 58.1 Å². The van der Waals surface area contributed by atoms with Gasteiger partial charge < -0.3 is 10.4 Å². The molecule has 2 N–H and O–H groups in total. The molecule has 0 atom stereocenters. The number of carboxylic acid groups (broad SMARTS) is 1. The molecule has 3 nitrogen and oxygen atoms in total. The van der Waals surface area contributed by atoms with Gasteiger partial charge in [0.1, 0.15) is 0 Å². The summed E-state index contributed by atoms with van der Waals surface area (Å²) in [6.07, 6.45) is 0. The Morgan fingerprint density at radius 3 is 2.14 bits per heavy atom. The van der Waals surface area contributed by atoms with Gasteiger partial charge in [-0.2, -0.15) is 0 Å². The average molecular weight is 365 g/mol. The molecule has 0 saturated carbocycles. The first kappa shape index (κ1) is 16.2. The zero-order valence-electron chi connectivity index (χ0n) is 10.4. The second-order valence-corrected chi connectivity index (χ2v) is 6.29. The summed E-state index contributed by atoms with van der Waals surface area (Å²) < 4.78 is -2.09. The van der Waals surface area contributed by atoms with Crippen LogP contribution in [0.5, 0.6) is 0 Å². The minimum Gasteiger partial charge on any atom is -0.479 e. The van der Waals surface area contributed by atoms with Crippen LogP contribution in [0.4, 0.5) is 11.4 Å². The van der Waals surface area contributed by atoms with E-state index in [0.29, 0.717) is 21.4 Å². The molecule has 0 aliphatic carbocycles. The molecule has 0 fully saturated rings. The van der Waals surface area contributed by atoms with Crippen molar-refractivity contribution in [2.45, 2.75) is 4.33 Å². The topological polar surface area (TPSA) is 49.3 Å². The number of aliphatic carboxylic acids is 1. The number of hydrogen-bond donors (Lipinski definition) is 2. The van der Waals surface area contributed by atoms with Gasteiger partial charge in [-0.1, -0.05) is 70.7 Å². The molecule has 0 aliphatic heterocycles. The summed E-state index contributed by atoms with van der Waals surface area (Å²) in [5.74, 6) is -1.37. The molecule has 0 aromatic heterocycles. The van der Waals surface area contributed by atoms with Crippen molar-refractivity contribution in [2.24, 2.45) is 0 Å². The summed E-state index contributed by atoms with van der Waals surface area (Å²) in [5, 5.41) is 12.9. The minimum absolute atomic E-state index is 0.191. The number of anilines is 2. The first-order chi connectivity index (χ1) is 9.84. The van der Waals surface area contributed by atoms with Crippen LogP contribution in [-0.4, -0.2) is 11.1 Å². The first-order valence-corrected chi connectivity index (χ1v) is 7.27. The second kappa shape index (κ2) is 6.32. The van der Waals surface area contributed by atoms with Gasteiger partial charge in [-0.3, -0.25) is 0 Å². The van der Waals surface area contributed by atoms with Crippen LogP contribution in [0.15, 0.2) is 42.5 Å². The molecule has 0 amide bonds. The van der Waals surface area contributed by atoms with E-state index in [2.05, 4.69) is 5.32 Å². The molecule has 0 bridgehead atoms. The number of carbonyl (C=O) groups is 1. The van der Waals surface area contributed by atoms with Crippen molar-refractivity contribution in [1.29, 1.82) is 0 Å². The lowest BCUT2D eigenvalue weighted by atomic mass is 10.1. The largest absolute Gasteiger partial charge is 0.479 e. The van der Waals surface area contributed by atoms with E-state index < -0.39 is 10.3 Å². The molecule has 0 heterocycles. The number of para-hydroxylation sites is 2. The van der Waals surface area contributed by atoms with E-state index in [0.717, 1.165) is 0 Å². The summed E-state index contributed by atoms with van der Waals surface area (Å²) in [4.78, 5) is 11.2. The maximum absolute atomic E-state index is 11.2. The summed E-state index contributed by atoms with van der Waals surface area (Å²) in [5.41, 5.74) is 1.04. The summed E-state index contributed by atoms with van der Waals surface area (Å²) in [6, 6.07) is 11.5. The van der Waals surface area contributed by atoms with Crippen LogP contribution in [0.3, 0.4) is 0 Å². The van der Waals surface area contributed by atoms with E-state index in [1.54, 1.807) is 36.4 Å². The van der Waals surface area contributed by atoms with E-state index in [9.17, 15) is 4.79 Å². The summed E-state index contributed by atoms with van der Waals surface area (Å²) in [6.45, 7) is 0. The van der Waals surface area contributed by atoms with Crippen molar-refractivity contribution >= 4 is 63.7 Å². The first-order valence-electron chi connectivity index (χ1n) is 5.76. The highest BCUT2D eigenvalue weighted by atomic mass is 35.5. The average Bonchev–Trinajstić information content (AvgIpc) is 2.43. The van der Waals surface area contributed by atoms with Crippen LogP contribution in [0.25, 0.3) is 0 Å². The lowest BCUT2D eigenvalue weighted by Gasteiger charge is -2.20. The normalized spacial score (nSPS) is 11.2. The predicted octanol–water partition coefficient (Wildman–Crippen LogP) is 5.45. The molecule has 0 unspecified atom stereocenters. The fourth-order valence-electron chi connectivity index (χ4n) is 1.73. The van der Waals surface area contributed by atoms with Crippen LogP contribution in [0, 0.1) is 0 Å². The molecule has 110 valence electrons. The van der Waals surface area contributed by atoms with Crippen molar-refractivity contribution < 1.29 is 9.90 Å².